The number of rotatable bonds is 3. The molecule has 1 aliphatic rings. The molecule has 154 valence electrons. The van der Waals surface area contributed by atoms with E-state index in [1.165, 1.54) is 6.07 Å². The smallest absolute Gasteiger partial charge is 0.355 e. The first-order valence-corrected chi connectivity index (χ1v) is 8.49. The molecule has 1 saturated heterocycles. The van der Waals surface area contributed by atoms with Crippen LogP contribution in [0.5, 0.6) is 0 Å². The summed E-state index contributed by atoms with van der Waals surface area (Å²) < 4.78 is 79.3. The van der Waals surface area contributed by atoms with E-state index in [1.807, 2.05) is 5.32 Å². The summed E-state index contributed by atoms with van der Waals surface area (Å²) in [5.41, 5.74) is -1.51. The summed E-state index contributed by atoms with van der Waals surface area (Å²) in [5.74, 6) is -9.12. The van der Waals surface area contributed by atoms with Crippen LogP contribution in [0.4, 0.5) is 32.0 Å². The molecule has 29 heavy (non-hydrogen) atoms. The number of nitrogens with one attached hydrogen (secondary N) is 2. The summed E-state index contributed by atoms with van der Waals surface area (Å²) in [6.07, 6.45) is -4.45. The van der Waals surface area contributed by atoms with Crippen molar-refractivity contribution in [2.75, 3.05) is 11.9 Å². The minimum Gasteiger partial charge on any atom is -0.355 e. The molecule has 10 heteroatoms. The fourth-order valence-corrected chi connectivity index (χ4v) is 3.25. The summed E-state index contributed by atoms with van der Waals surface area (Å²) in [5, 5.41) is 4.45. The lowest BCUT2D eigenvalue weighted by Gasteiger charge is -2.31. The van der Waals surface area contributed by atoms with Crippen molar-refractivity contribution in [3.8, 4) is 0 Å². The Morgan fingerprint density at radius 1 is 1.07 bits per heavy atom. The van der Waals surface area contributed by atoms with Gasteiger partial charge in [0.2, 0.25) is 11.8 Å². The second-order valence-electron chi connectivity index (χ2n) is 6.50. The lowest BCUT2D eigenvalue weighted by molar-refractivity contribution is -0.137. The summed E-state index contributed by atoms with van der Waals surface area (Å²) >= 11 is 0. The summed E-state index contributed by atoms with van der Waals surface area (Å²) in [6, 6.07) is 5.61. The van der Waals surface area contributed by atoms with Crippen LogP contribution in [0.15, 0.2) is 36.4 Å². The lowest BCUT2D eigenvalue weighted by atomic mass is 9.79. The van der Waals surface area contributed by atoms with Crippen molar-refractivity contribution in [1.82, 2.24) is 5.32 Å². The predicted molar refractivity (Wildman–Crippen MR) is 90.2 cm³/mol. The minimum absolute atomic E-state index is 0.112. The summed E-state index contributed by atoms with van der Waals surface area (Å²) in [6.45, 7) is 0.128. The number of halogens is 6. The summed E-state index contributed by atoms with van der Waals surface area (Å²) in [7, 11) is 0. The Kier molecular flexibility index (Phi) is 5.54. The van der Waals surface area contributed by atoms with Crippen molar-refractivity contribution >= 4 is 17.5 Å². The van der Waals surface area contributed by atoms with E-state index in [0.717, 1.165) is 24.3 Å². The molecule has 2 aromatic rings. The first-order chi connectivity index (χ1) is 13.6. The third-order valence-corrected chi connectivity index (χ3v) is 4.66. The predicted octanol–water partition coefficient (Wildman–Crippen LogP) is 3.98. The Labute approximate surface area is 160 Å². The highest BCUT2D eigenvalue weighted by Crippen LogP contribution is 2.36. The number of hydrogen-bond donors (Lipinski definition) is 2. The Morgan fingerprint density at radius 2 is 1.79 bits per heavy atom. The van der Waals surface area contributed by atoms with Gasteiger partial charge in [0.15, 0.2) is 17.5 Å². The number of amides is 2. The van der Waals surface area contributed by atoms with E-state index in [9.17, 15) is 35.9 Å². The van der Waals surface area contributed by atoms with Crippen LogP contribution < -0.4 is 10.6 Å². The van der Waals surface area contributed by atoms with Crippen LogP contribution in [-0.4, -0.2) is 18.4 Å². The van der Waals surface area contributed by atoms with E-state index >= 15 is 0 Å². The molecule has 0 aliphatic carbocycles. The first-order valence-electron chi connectivity index (χ1n) is 8.49. The van der Waals surface area contributed by atoms with Gasteiger partial charge in [-0.05, 0) is 30.2 Å². The fraction of sp³-hybridized carbons (Fsp3) is 0.263. The average molecular weight is 416 g/mol. The van der Waals surface area contributed by atoms with Crippen LogP contribution in [0, 0.1) is 23.4 Å². The molecule has 2 N–H and O–H groups in total. The Hall–Kier alpha value is -3.04. The maximum atomic E-state index is 13.8. The SMILES string of the molecule is O=C1NCCC(c2cccc(C(F)(F)F)c2)C1C(=O)Nc1ccc(F)c(F)c1F. The normalized spacial score (nSPS) is 19.6. The average Bonchev–Trinajstić information content (AvgIpc) is 2.67. The molecule has 0 bridgehead atoms. The maximum Gasteiger partial charge on any atom is 0.416 e. The van der Waals surface area contributed by atoms with Crippen molar-refractivity contribution in [1.29, 1.82) is 0 Å². The first kappa shape index (κ1) is 20.7. The van der Waals surface area contributed by atoms with Crippen LogP contribution >= 0.6 is 0 Å². The fourth-order valence-electron chi connectivity index (χ4n) is 3.25. The summed E-state index contributed by atoms with van der Waals surface area (Å²) in [4.78, 5) is 24.9. The van der Waals surface area contributed by atoms with Gasteiger partial charge in [0.05, 0.1) is 11.3 Å². The van der Waals surface area contributed by atoms with Gasteiger partial charge in [0.25, 0.3) is 0 Å². The third-order valence-electron chi connectivity index (χ3n) is 4.66. The monoisotopic (exact) mass is 416 g/mol. The highest BCUT2D eigenvalue weighted by atomic mass is 19.4. The second kappa shape index (κ2) is 7.76. The van der Waals surface area contributed by atoms with Crippen LogP contribution in [0.1, 0.15) is 23.5 Å². The standard InChI is InChI=1S/C19H14F6N2O2/c20-12-4-5-13(16(22)15(12)21)27-18(29)14-11(6-7-26-17(14)28)9-2-1-3-10(8-9)19(23,24)25/h1-5,8,11,14H,6-7H2,(H,26,28)(H,27,29). The molecule has 0 aromatic heterocycles. The zero-order chi connectivity index (χ0) is 21.3. The Bertz CT molecular complexity index is 960. The van der Waals surface area contributed by atoms with Crippen LogP contribution in [-0.2, 0) is 15.8 Å². The van der Waals surface area contributed by atoms with Gasteiger partial charge >= 0.3 is 6.18 Å². The topological polar surface area (TPSA) is 58.2 Å². The highest BCUT2D eigenvalue weighted by Gasteiger charge is 2.40. The molecule has 2 aromatic carbocycles. The van der Waals surface area contributed by atoms with Gasteiger partial charge in [-0.3, -0.25) is 9.59 Å². The van der Waals surface area contributed by atoms with Crippen molar-refractivity contribution in [2.24, 2.45) is 5.92 Å². The quantitative estimate of drug-likeness (QED) is 0.452. The van der Waals surface area contributed by atoms with Crippen LogP contribution in [0.3, 0.4) is 0 Å². The van der Waals surface area contributed by atoms with E-state index in [1.54, 1.807) is 0 Å². The minimum atomic E-state index is -4.61. The number of anilines is 1. The molecule has 2 unspecified atom stereocenters. The number of piperidine rings is 1. The molecule has 3 rings (SSSR count). The van der Waals surface area contributed by atoms with Gasteiger partial charge in [-0.2, -0.15) is 13.2 Å². The Balaban J connectivity index is 1.92. The molecule has 2 amide bonds. The van der Waals surface area contributed by atoms with Gasteiger partial charge in [0, 0.05) is 12.5 Å². The molecule has 1 aliphatic heterocycles. The van der Waals surface area contributed by atoms with Crippen molar-refractivity contribution < 1.29 is 35.9 Å². The molecule has 0 radical (unpaired) electrons. The number of carbonyl (C=O) groups excluding carboxylic acids is 2. The zero-order valence-corrected chi connectivity index (χ0v) is 14.6. The van der Waals surface area contributed by atoms with Gasteiger partial charge < -0.3 is 10.6 Å². The molecule has 1 fully saturated rings. The van der Waals surface area contributed by atoms with Crippen molar-refractivity contribution in [3.05, 3.63) is 65.0 Å². The number of hydrogen-bond acceptors (Lipinski definition) is 2. The highest BCUT2D eigenvalue weighted by molar-refractivity contribution is 6.07. The van der Waals surface area contributed by atoms with Gasteiger partial charge in [-0.1, -0.05) is 18.2 Å². The number of benzene rings is 2. The number of carbonyl (C=O) groups is 2. The van der Waals surface area contributed by atoms with E-state index in [-0.39, 0.29) is 18.5 Å². The van der Waals surface area contributed by atoms with E-state index in [0.29, 0.717) is 6.07 Å². The molecule has 1 heterocycles. The molecular weight excluding hydrogens is 402 g/mol. The molecular formula is C19H14F6N2O2. The molecule has 0 saturated carbocycles. The van der Waals surface area contributed by atoms with Gasteiger partial charge in [0.1, 0.15) is 5.92 Å². The van der Waals surface area contributed by atoms with E-state index in [2.05, 4.69) is 5.32 Å². The second-order valence-corrected chi connectivity index (χ2v) is 6.50. The number of alkyl halides is 3. The van der Waals surface area contributed by atoms with Crippen molar-refractivity contribution in [3.63, 3.8) is 0 Å². The van der Waals surface area contributed by atoms with Crippen molar-refractivity contribution in [2.45, 2.75) is 18.5 Å². The van der Waals surface area contributed by atoms with Gasteiger partial charge in [-0.25, -0.2) is 13.2 Å². The maximum absolute atomic E-state index is 13.8. The largest absolute Gasteiger partial charge is 0.416 e. The zero-order valence-electron chi connectivity index (χ0n) is 14.6. The molecule has 0 spiro atoms. The lowest BCUT2D eigenvalue weighted by Crippen LogP contribution is -2.46. The third kappa shape index (κ3) is 4.20. The Morgan fingerprint density at radius 3 is 2.48 bits per heavy atom. The van der Waals surface area contributed by atoms with E-state index < -0.39 is 58.5 Å². The van der Waals surface area contributed by atoms with E-state index in [4.69, 9.17) is 0 Å². The van der Waals surface area contributed by atoms with Crippen LogP contribution in [0.25, 0.3) is 0 Å². The van der Waals surface area contributed by atoms with Gasteiger partial charge in [-0.15, -0.1) is 0 Å². The molecule has 2 atom stereocenters. The van der Waals surface area contributed by atoms with Crippen LogP contribution in [0.2, 0.25) is 0 Å². The molecule has 4 nitrogen and oxygen atoms in total.